The highest BCUT2D eigenvalue weighted by molar-refractivity contribution is 5.79. The number of hydrogen-bond acceptors (Lipinski definition) is 3. The molecule has 5 nitrogen and oxygen atoms in total. The minimum atomic E-state index is -1.05. The number of carbonyl (C=O) groups excluding carboxylic acids is 1. The molecule has 20 heavy (non-hydrogen) atoms. The fraction of sp³-hybridized carbons (Fsp3) is 0.467. The summed E-state index contributed by atoms with van der Waals surface area (Å²) in [5, 5.41) is 11.5. The Balaban J connectivity index is 2.44. The van der Waals surface area contributed by atoms with Crippen LogP contribution in [0.2, 0.25) is 0 Å². The molecule has 5 heteroatoms. The van der Waals surface area contributed by atoms with Crippen LogP contribution < -0.4 is 5.32 Å². The Morgan fingerprint density at radius 3 is 2.45 bits per heavy atom. The fourth-order valence-corrected chi connectivity index (χ4v) is 1.64. The fourth-order valence-electron chi connectivity index (χ4n) is 1.64. The summed E-state index contributed by atoms with van der Waals surface area (Å²) >= 11 is 0. The number of carboxylic acid groups (broad SMARTS) is 1. The predicted molar refractivity (Wildman–Crippen MR) is 75.5 cm³/mol. The lowest BCUT2D eigenvalue weighted by molar-refractivity contribution is -0.139. The van der Waals surface area contributed by atoms with Crippen molar-refractivity contribution >= 4 is 12.1 Å². The van der Waals surface area contributed by atoms with Gasteiger partial charge >= 0.3 is 12.1 Å². The molecule has 0 aliphatic carbocycles. The van der Waals surface area contributed by atoms with E-state index >= 15 is 0 Å². The molecule has 1 amide bonds. The van der Waals surface area contributed by atoms with Gasteiger partial charge in [0.25, 0.3) is 0 Å². The maximum absolute atomic E-state index is 11.5. The molecular weight excluding hydrogens is 258 g/mol. The number of aryl methyl sites for hydroxylation is 1. The van der Waals surface area contributed by atoms with Crippen LogP contribution in [-0.2, 0) is 16.0 Å². The van der Waals surface area contributed by atoms with Crippen LogP contribution in [-0.4, -0.2) is 29.8 Å². The van der Waals surface area contributed by atoms with Gasteiger partial charge in [0, 0.05) is 0 Å². The van der Waals surface area contributed by atoms with E-state index in [0.29, 0.717) is 12.8 Å². The van der Waals surface area contributed by atoms with Crippen molar-refractivity contribution in [1.29, 1.82) is 0 Å². The summed E-state index contributed by atoms with van der Waals surface area (Å²) in [6.45, 7) is 4.10. The minimum absolute atomic E-state index is 0.216. The number of amides is 1. The molecule has 0 radical (unpaired) electrons. The number of carbonyl (C=O) groups is 2. The van der Waals surface area contributed by atoms with Gasteiger partial charge in [0.2, 0.25) is 0 Å². The van der Waals surface area contributed by atoms with Crippen molar-refractivity contribution in [2.75, 3.05) is 6.61 Å². The molecule has 0 saturated heterocycles. The second kappa shape index (κ2) is 8.19. The van der Waals surface area contributed by atoms with E-state index in [0.717, 1.165) is 5.56 Å². The second-order valence-electron chi connectivity index (χ2n) is 5.05. The zero-order valence-corrected chi connectivity index (χ0v) is 11.8. The van der Waals surface area contributed by atoms with Crippen LogP contribution in [0.15, 0.2) is 30.3 Å². The van der Waals surface area contributed by atoms with E-state index in [1.807, 2.05) is 44.2 Å². The summed E-state index contributed by atoms with van der Waals surface area (Å²) in [7, 11) is 0. The van der Waals surface area contributed by atoms with Crippen LogP contribution in [0.1, 0.15) is 25.8 Å². The molecule has 0 spiro atoms. The smallest absolute Gasteiger partial charge is 0.407 e. The highest BCUT2D eigenvalue weighted by atomic mass is 16.5. The van der Waals surface area contributed by atoms with Gasteiger partial charge in [-0.2, -0.15) is 0 Å². The summed E-state index contributed by atoms with van der Waals surface area (Å²) in [6, 6.07) is 8.62. The average molecular weight is 279 g/mol. The molecule has 0 saturated carbocycles. The van der Waals surface area contributed by atoms with Gasteiger partial charge in [-0.15, -0.1) is 0 Å². The first-order chi connectivity index (χ1) is 9.49. The summed E-state index contributed by atoms with van der Waals surface area (Å²) in [4.78, 5) is 22.6. The third-order valence-corrected chi connectivity index (χ3v) is 2.70. The molecule has 1 atom stereocenters. The Hall–Kier alpha value is -2.04. The number of alkyl carbamates (subject to hydrolysis) is 1. The molecule has 0 bridgehead atoms. The number of carboxylic acids is 1. The van der Waals surface area contributed by atoms with Crippen molar-refractivity contribution in [3.8, 4) is 0 Å². The first-order valence-electron chi connectivity index (χ1n) is 6.69. The van der Waals surface area contributed by atoms with E-state index in [4.69, 9.17) is 9.84 Å². The van der Waals surface area contributed by atoms with Crippen LogP contribution in [0.3, 0.4) is 0 Å². The van der Waals surface area contributed by atoms with Gasteiger partial charge in [-0.25, -0.2) is 9.59 Å². The minimum Gasteiger partial charge on any atom is -0.480 e. The van der Waals surface area contributed by atoms with E-state index < -0.39 is 18.1 Å². The van der Waals surface area contributed by atoms with Crippen molar-refractivity contribution < 1.29 is 19.4 Å². The number of hydrogen-bond donors (Lipinski definition) is 2. The van der Waals surface area contributed by atoms with Crippen molar-refractivity contribution in [2.45, 2.75) is 32.7 Å². The van der Waals surface area contributed by atoms with Gasteiger partial charge in [0.05, 0.1) is 6.61 Å². The molecule has 1 aromatic carbocycles. The molecule has 0 unspecified atom stereocenters. The molecule has 1 rings (SSSR count). The summed E-state index contributed by atoms with van der Waals surface area (Å²) < 4.78 is 4.92. The average Bonchev–Trinajstić information content (AvgIpc) is 2.42. The van der Waals surface area contributed by atoms with E-state index in [1.54, 1.807) is 0 Å². The monoisotopic (exact) mass is 279 g/mol. The maximum atomic E-state index is 11.5. The normalized spacial score (nSPS) is 11.9. The van der Waals surface area contributed by atoms with E-state index in [2.05, 4.69) is 5.32 Å². The molecule has 0 fully saturated rings. The number of aliphatic carboxylic acids is 1. The van der Waals surface area contributed by atoms with E-state index in [9.17, 15) is 9.59 Å². The third kappa shape index (κ3) is 6.22. The lowest BCUT2D eigenvalue weighted by Gasteiger charge is -2.15. The molecule has 0 aromatic heterocycles. The van der Waals surface area contributed by atoms with E-state index in [1.165, 1.54) is 0 Å². The second-order valence-corrected chi connectivity index (χ2v) is 5.05. The van der Waals surface area contributed by atoms with Gasteiger partial charge in [0.15, 0.2) is 0 Å². The lowest BCUT2D eigenvalue weighted by atomic mass is 10.1. The Bertz CT molecular complexity index is 431. The molecule has 0 aliphatic rings. The standard InChI is InChI=1S/C15H21NO4/c1-11(2)10-20-15(19)16-13(14(17)18)9-8-12-6-4-3-5-7-12/h3-7,11,13H,8-10H2,1-2H3,(H,16,19)(H,17,18)/t13-/m1/s1. The van der Waals surface area contributed by atoms with Crippen LogP contribution in [0, 0.1) is 5.92 Å². The van der Waals surface area contributed by atoms with Crippen molar-refractivity contribution in [1.82, 2.24) is 5.32 Å². The Kier molecular flexibility index (Phi) is 6.56. The van der Waals surface area contributed by atoms with Gasteiger partial charge < -0.3 is 15.2 Å². The van der Waals surface area contributed by atoms with Crippen molar-refractivity contribution in [2.24, 2.45) is 5.92 Å². The lowest BCUT2D eigenvalue weighted by Crippen LogP contribution is -2.41. The molecule has 0 heterocycles. The Morgan fingerprint density at radius 2 is 1.90 bits per heavy atom. The summed E-state index contributed by atoms with van der Waals surface area (Å²) in [5.41, 5.74) is 1.04. The van der Waals surface area contributed by atoms with Gasteiger partial charge in [0.1, 0.15) is 6.04 Å². The predicted octanol–water partition coefficient (Wildman–Crippen LogP) is 2.45. The molecule has 110 valence electrons. The maximum Gasteiger partial charge on any atom is 0.407 e. The quantitative estimate of drug-likeness (QED) is 0.804. The van der Waals surface area contributed by atoms with Crippen LogP contribution in [0.25, 0.3) is 0 Å². The van der Waals surface area contributed by atoms with Crippen LogP contribution in [0.5, 0.6) is 0 Å². The summed E-state index contributed by atoms with van der Waals surface area (Å²) in [5.74, 6) is -0.837. The topological polar surface area (TPSA) is 75.6 Å². The molecule has 2 N–H and O–H groups in total. The Labute approximate surface area is 118 Å². The number of benzene rings is 1. The highest BCUT2D eigenvalue weighted by Crippen LogP contribution is 2.06. The number of nitrogens with one attached hydrogen (secondary N) is 1. The number of ether oxygens (including phenoxy) is 1. The van der Waals surface area contributed by atoms with Gasteiger partial charge in [-0.05, 0) is 24.3 Å². The van der Waals surface area contributed by atoms with E-state index in [-0.39, 0.29) is 12.5 Å². The first kappa shape index (κ1) is 16.0. The first-order valence-corrected chi connectivity index (χ1v) is 6.69. The third-order valence-electron chi connectivity index (χ3n) is 2.70. The number of rotatable bonds is 7. The highest BCUT2D eigenvalue weighted by Gasteiger charge is 2.20. The zero-order valence-electron chi connectivity index (χ0n) is 11.8. The van der Waals surface area contributed by atoms with Crippen LogP contribution in [0.4, 0.5) is 4.79 Å². The Morgan fingerprint density at radius 1 is 1.25 bits per heavy atom. The van der Waals surface area contributed by atoms with Crippen molar-refractivity contribution in [3.63, 3.8) is 0 Å². The van der Waals surface area contributed by atoms with Gasteiger partial charge in [-0.3, -0.25) is 0 Å². The SMILES string of the molecule is CC(C)COC(=O)N[C@H](CCc1ccccc1)C(=O)O. The van der Waals surface area contributed by atoms with Crippen molar-refractivity contribution in [3.05, 3.63) is 35.9 Å². The largest absolute Gasteiger partial charge is 0.480 e. The molecule has 0 aliphatic heterocycles. The molecule has 1 aromatic rings. The van der Waals surface area contributed by atoms with Gasteiger partial charge in [-0.1, -0.05) is 44.2 Å². The zero-order chi connectivity index (χ0) is 15.0. The summed E-state index contributed by atoms with van der Waals surface area (Å²) in [6.07, 6.45) is 0.234. The van der Waals surface area contributed by atoms with Crippen LogP contribution >= 0.6 is 0 Å². The molecular formula is C15H21NO4.